The van der Waals surface area contributed by atoms with Gasteiger partial charge in [-0.15, -0.1) is 0 Å². The number of aromatic nitrogens is 4. The van der Waals surface area contributed by atoms with E-state index in [4.69, 9.17) is 5.73 Å². The molecule has 1 unspecified atom stereocenters. The maximum Gasteiger partial charge on any atom is 0.269 e. The topological polar surface area (TPSA) is 99.0 Å². The number of nitrogens with two attached hydrogens (primary N) is 1. The first-order valence-electron chi connectivity index (χ1n) is 8.93. The second kappa shape index (κ2) is 5.99. The Morgan fingerprint density at radius 3 is 2.82 bits per heavy atom. The molecule has 3 N–H and O–H groups in total. The van der Waals surface area contributed by atoms with E-state index in [9.17, 15) is 14.3 Å². The number of nitrogens with zero attached hydrogens (tertiary/aromatic N) is 4. The molecule has 4 heterocycles. The van der Waals surface area contributed by atoms with Crippen molar-refractivity contribution >= 4 is 21.8 Å². The van der Waals surface area contributed by atoms with Gasteiger partial charge in [-0.2, -0.15) is 0 Å². The van der Waals surface area contributed by atoms with E-state index in [0.717, 1.165) is 24.0 Å². The van der Waals surface area contributed by atoms with Crippen molar-refractivity contribution in [2.45, 2.75) is 30.9 Å². The van der Waals surface area contributed by atoms with Gasteiger partial charge in [-0.3, -0.25) is 4.79 Å². The van der Waals surface area contributed by atoms with Gasteiger partial charge in [-0.25, -0.2) is 14.4 Å². The van der Waals surface area contributed by atoms with Gasteiger partial charge in [0.15, 0.2) is 11.8 Å². The number of carbonyl (C=O) groups is 1. The third kappa shape index (κ3) is 2.32. The number of aliphatic hydroxyl groups excluding tert-OH is 1. The van der Waals surface area contributed by atoms with Crippen molar-refractivity contribution in [3.05, 3.63) is 57.6 Å². The number of aryl methyl sites for hydroxylation is 1. The van der Waals surface area contributed by atoms with E-state index in [1.165, 1.54) is 6.07 Å². The van der Waals surface area contributed by atoms with E-state index in [-0.39, 0.29) is 23.5 Å². The standard InChI is InChI=1S/C19H17BrFN5O2/c1-25-3-2-23-19(25)16(27)15-14(17(22)28)24-18-11-6-12(20)13(21)7-10(11)8-4-9(5-8)26(15)18/h2-3,6-9,16,27H,4-5H2,1H3,(H2,22,28). The van der Waals surface area contributed by atoms with Crippen molar-refractivity contribution in [2.24, 2.45) is 12.8 Å². The molecular weight excluding hydrogens is 429 g/mol. The molecule has 1 atom stereocenters. The van der Waals surface area contributed by atoms with Gasteiger partial charge >= 0.3 is 0 Å². The molecule has 0 saturated heterocycles. The maximum absolute atomic E-state index is 14.2. The van der Waals surface area contributed by atoms with Gasteiger partial charge in [0, 0.05) is 31.0 Å². The van der Waals surface area contributed by atoms with Crippen molar-refractivity contribution in [3.8, 4) is 11.4 Å². The molecule has 28 heavy (non-hydrogen) atoms. The van der Waals surface area contributed by atoms with Crippen LogP contribution < -0.4 is 5.73 Å². The molecule has 144 valence electrons. The molecule has 1 aromatic carbocycles. The number of imidazole rings is 2. The molecule has 1 aliphatic carbocycles. The van der Waals surface area contributed by atoms with Crippen molar-refractivity contribution in [1.82, 2.24) is 19.1 Å². The Morgan fingerprint density at radius 1 is 1.43 bits per heavy atom. The lowest BCUT2D eigenvalue weighted by molar-refractivity contribution is 0.0988. The minimum absolute atomic E-state index is 0.0160. The number of halogens is 2. The molecule has 9 heteroatoms. The Kier molecular flexibility index (Phi) is 3.76. The van der Waals surface area contributed by atoms with Gasteiger partial charge < -0.3 is 20.0 Å². The lowest BCUT2D eigenvalue weighted by Gasteiger charge is -2.36. The Hall–Kier alpha value is -2.52. The molecule has 2 aromatic heterocycles. The van der Waals surface area contributed by atoms with Crippen LogP contribution in [0.5, 0.6) is 0 Å². The summed E-state index contributed by atoms with van der Waals surface area (Å²) < 4.78 is 18.1. The van der Waals surface area contributed by atoms with Crippen LogP contribution in [-0.4, -0.2) is 30.1 Å². The highest BCUT2D eigenvalue weighted by Crippen LogP contribution is 2.54. The fourth-order valence-electron chi connectivity index (χ4n) is 4.36. The normalized spacial score (nSPS) is 20.7. The van der Waals surface area contributed by atoms with Gasteiger partial charge in [-0.05, 0) is 52.4 Å². The molecule has 3 aliphatic rings. The average molecular weight is 446 g/mol. The maximum atomic E-state index is 14.2. The molecule has 7 nitrogen and oxygen atoms in total. The second-order valence-corrected chi connectivity index (χ2v) is 8.23. The first-order valence-corrected chi connectivity index (χ1v) is 9.72. The average Bonchev–Trinajstić information content (AvgIpc) is 3.15. The van der Waals surface area contributed by atoms with E-state index >= 15 is 0 Å². The van der Waals surface area contributed by atoms with Crippen LogP contribution in [0.15, 0.2) is 29.0 Å². The van der Waals surface area contributed by atoms with Gasteiger partial charge in [-0.1, -0.05) is 0 Å². The van der Waals surface area contributed by atoms with Crippen LogP contribution in [0.25, 0.3) is 11.4 Å². The fraction of sp³-hybridized carbons (Fsp3) is 0.316. The molecule has 0 spiro atoms. The van der Waals surface area contributed by atoms with E-state index in [2.05, 4.69) is 25.9 Å². The summed E-state index contributed by atoms with van der Waals surface area (Å²) in [4.78, 5) is 20.9. The fourth-order valence-corrected chi connectivity index (χ4v) is 4.70. The zero-order valence-electron chi connectivity index (χ0n) is 14.9. The second-order valence-electron chi connectivity index (χ2n) is 7.38. The number of hydrogen-bond donors (Lipinski definition) is 2. The van der Waals surface area contributed by atoms with Gasteiger partial charge in [0.05, 0.1) is 10.2 Å². The summed E-state index contributed by atoms with van der Waals surface area (Å²) in [5, 5.41) is 11.1. The highest BCUT2D eigenvalue weighted by molar-refractivity contribution is 9.10. The molecule has 1 fully saturated rings. The van der Waals surface area contributed by atoms with Gasteiger partial charge in [0.2, 0.25) is 0 Å². The molecule has 2 aliphatic heterocycles. The lowest BCUT2D eigenvalue weighted by Crippen LogP contribution is -2.27. The van der Waals surface area contributed by atoms with E-state index in [1.54, 1.807) is 30.1 Å². The number of hydrogen-bond acceptors (Lipinski definition) is 4. The smallest absolute Gasteiger partial charge is 0.269 e. The predicted molar refractivity (Wildman–Crippen MR) is 102 cm³/mol. The molecular formula is C19H17BrFN5O2. The van der Waals surface area contributed by atoms with Crippen LogP contribution in [0.4, 0.5) is 4.39 Å². The van der Waals surface area contributed by atoms with Crippen LogP contribution in [-0.2, 0) is 7.05 Å². The zero-order chi connectivity index (χ0) is 19.7. The van der Waals surface area contributed by atoms with Crippen molar-refractivity contribution in [2.75, 3.05) is 0 Å². The lowest BCUT2D eigenvalue weighted by atomic mass is 9.75. The first-order chi connectivity index (χ1) is 13.4. The Morgan fingerprint density at radius 2 is 2.18 bits per heavy atom. The highest BCUT2D eigenvalue weighted by Gasteiger charge is 2.43. The highest BCUT2D eigenvalue weighted by atomic mass is 79.9. The number of carbonyl (C=O) groups excluding carboxylic acids is 1. The third-order valence-electron chi connectivity index (χ3n) is 5.79. The van der Waals surface area contributed by atoms with Gasteiger partial charge in [0.25, 0.3) is 5.91 Å². The zero-order valence-corrected chi connectivity index (χ0v) is 16.5. The molecule has 3 aromatic rings. The van der Waals surface area contributed by atoms with Gasteiger partial charge in [0.1, 0.15) is 17.5 Å². The van der Waals surface area contributed by atoms with Crippen LogP contribution in [0, 0.1) is 5.82 Å². The molecule has 1 amide bonds. The number of primary amides is 1. The Labute approximate surface area is 168 Å². The number of aliphatic hydroxyl groups is 1. The number of rotatable bonds is 3. The predicted octanol–water partition coefficient (Wildman–Crippen LogP) is 2.80. The summed E-state index contributed by atoms with van der Waals surface area (Å²) in [7, 11) is 1.77. The van der Waals surface area contributed by atoms with Crippen molar-refractivity contribution in [1.29, 1.82) is 0 Å². The molecule has 6 rings (SSSR count). The van der Waals surface area contributed by atoms with Crippen molar-refractivity contribution < 1.29 is 14.3 Å². The quantitative estimate of drug-likeness (QED) is 0.647. The van der Waals surface area contributed by atoms with Crippen LogP contribution in [0.3, 0.4) is 0 Å². The van der Waals surface area contributed by atoms with E-state index < -0.39 is 12.0 Å². The minimum Gasteiger partial charge on any atom is -0.379 e. The summed E-state index contributed by atoms with van der Waals surface area (Å²) >= 11 is 3.24. The van der Waals surface area contributed by atoms with Crippen molar-refractivity contribution in [3.63, 3.8) is 0 Å². The largest absolute Gasteiger partial charge is 0.379 e. The Balaban J connectivity index is 1.80. The SMILES string of the molecule is Cn1ccnc1C(O)c1c(C(N)=O)nc2n1C1CC(C1)c1cc(F)c(Br)cc1-2. The molecule has 2 bridgehead atoms. The summed E-state index contributed by atoms with van der Waals surface area (Å²) in [6.07, 6.45) is 3.72. The third-order valence-corrected chi connectivity index (χ3v) is 6.40. The summed E-state index contributed by atoms with van der Waals surface area (Å²) in [5.41, 5.74) is 7.58. The number of benzene rings is 1. The molecule has 0 radical (unpaired) electrons. The summed E-state index contributed by atoms with van der Waals surface area (Å²) in [5.74, 6) is 0.0936. The molecule has 1 saturated carbocycles. The minimum atomic E-state index is -1.16. The monoisotopic (exact) mass is 445 g/mol. The van der Waals surface area contributed by atoms with E-state index in [1.807, 2.05) is 4.57 Å². The van der Waals surface area contributed by atoms with Crippen LogP contribution in [0.1, 0.15) is 58.5 Å². The van der Waals surface area contributed by atoms with E-state index in [0.29, 0.717) is 21.8 Å². The van der Waals surface area contributed by atoms with Crippen LogP contribution >= 0.6 is 15.9 Å². The number of amides is 1. The first kappa shape index (κ1) is 17.6. The Bertz CT molecular complexity index is 1130. The van der Waals surface area contributed by atoms with Crippen LogP contribution in [0.2, 0.25) is 0 Å². The summed E-state index contributed by atoms with van der Waals surface area (Å²) in [6, 6.07) is 3.27. The summed E-state index contributed by atoms with van der Waals surface area (Å²) in [6.45, 7) is 0.